The van der Waals surface area contributed by atoms with Gasteiger partial charge in [0.25, 0.3) is 5.91 Å². The van der Waals surface area contributed by atoms with Crippen LogP contribution in [0.5, 0.6) is 5.75 Å². The van der Waals surface area contributed by atoms with Crippen LogP contribution in [0, 0.1) is 17.0 Å². The minimum Gasteiger partial charge on any atom is -0.495 e. The van der Waals surface area contributed by atoms with E-state index in [9.17, 15) is 14.9 Å². The molecular weight excluding hydrogens is 378 g/mol. The van der Waals surface area contributed by atoms with E-state index < -0.39 is 16.5 Å². The van der Waals surface area contributed by atoms with Gasteiger partial charge in [-0.1, -0.05) is 12.1 Å². The lowest BCUT2D eigenvalue weighted by molar-refractivity contribution is -0.383. The summed E-state index contributed by atoms with van der Waals surface area (Å²) in [6, 6.07) is 10.2. The van der Waals surface area contributed by atoms with Gasteiger partial charge in [0.15, 0.2) is 0 Å². The van der Waals surface area contributed by atoms with Gasteiger partial charge in [-0.3, -0.25) is 30.7 Å². The van der Waals surface area contributed by atoms with E-state index in [1.807, 2.05) is 13.0 Å². The van der Waals surface area contributed by atoms with Crippen molar-refractivity contribution in [3.63, 3.8) is 0 Å². The van der Waals surface area contributed by atoms with Crippen molar-refractivity contribution in [1.29, 1.82) is 0 Å². The number of carbonyl (C=O) groups is 1. The number of carbonyl (C=O) groups excluding carboxylic acids is 1. The number of methoxy groups -OCH3 is 1. The fraction of sp³-hybridized carbons (Fsp3) is 0.111. The highest BCUT2D eigenvalue weighted by Gasteiger charge is 2.24. The molecule has 1 aromatic carbocycles. The van der Waals surface area contributed by atoms with Crippen molar-refractivity contribution in [1.82, 2.24) is 20.4 Å². The lowest BCUT2D eigenvalue weighted by Crippen LogP contribution is -2.31. The third kappa shape index (κ3) is 4.53. The maximum absolute atomic E-state index is 12.1. The van der Waals surface area contributed by atoms with Crippen LogP contribution in [0.4, 0.5) is 23.0 Å². The predicted octanol–water partition coefficient (Wildman–Crippen LogP) is 2.60. The van der Waals surface area contributed by atoms with Gasteiger partial charge in [-0.25, -0.2) is 9.97 Å². The fourth-order valence-corrected chi connectivity index (χ4v) is 2.46. The molecule has 0 saturated carbocycles. The monoisotopic (exact) mass is 395 g/mol. The molecule has 0 radical (unpaired) electrons. The number of aryl methyl sites for hydroxylation is 1. The number of hydrogen-bond donors (Lipinski definition) is 3. The summed E-state index contributed by atoms with van der Waals surface area (Å²) < 4.78 is 5.28. The van der Waals surface area contributed by atoms with E-state index in [4.69, 9.17) is 4.74 Å². The standard InChI is InChI=1S/C18H17N7O4/c1-11-6-7-14(29-2)13(9-11)22-16-15(25(27)28)17(21-10-20-16)23-24-18(26)12-5-3-4-8-19-12/h3-10H,1-2H3,(H,24,26)(H2,20,21,22,23). The highest BCUT2D eigenvalue weighted by Crippen LogP contribution is 2.34. The second-order valence-electron chi connectivity index (χ2n) is 5.80. The van der Waals surface area contributed by atoms with E-state index in [0.717, 1.165) is 11.9 Å². The summed E-state index contributed by atoms with van der Waals surface area (Å²) in [5, 5.41) is 14.5. The largest absolute Gasteiger partial charge is 0.495 e. The molecule has 3 N–H and O–H groups in total. The van der Waals surface area contributed by atoms with Crippen LogP contribution in [-0.2, 0) is 0 Å². The molecule has 0 saturated heterocycles. The smallest absolute Gasteiger partial charge is 0.355 e. The molecule has 29 heavy (non-hydrogen) atoms. The first-order valence-corrected chi connectivity index (χ1v) is 8.38. The zero-order valence-corrected chi connectivity index (χ0v) is 15.5. The van der Waals surface area contributed by atoms with Crippen LogP contribution < -0.4 is 20.9 Å². The molecule has 3 rings (SSSR count). The lowest BCUT2D eigenvalue weighted by atomic mass is 10.2. The van der Waals surface area contributed by atoms with E-state index in [1.54, 1.807) is 24.3 Å². The van der Waals surface area contributed by atoms with E-state index in [0.29, 0.717) is 11.4 Å². The lowest BCUT2D eigenvalue weighted by Gasteiger charge is -2.13. The molecule has 11 nitrogen and oxygen atoms in total. The molecule has 148 valence electrons. The summed E-state index contributed by atoms with van der Waals surface area (Å²) in [7, 11) is 1.49. The first-order valence-electron chi connectivity index (χ1n) is 8.38. The number of nitrogens with one attached hydrogen (secondary N) is 3. The van der Waals surface area contributed by atoms with Gasteiger partial charge in [0, 0.05) is 6.20 Å². The average molecular weight is 395 g/mol. The van der Waals surface area contributed by atoms with Crippen molar-refractivity contribution in [2.75, 3.05) is 17.9 Å². The van der Waals surface area contributed by atoms with Gasteiger partial charge in [-0.05, 0) is 36.8 Å². The van der Waals surface area contributed by atoms with E-state index in [2.05, 4.69) is 31.1 Å². The van der Waals surface area contributed by atoms with Crippen LogP contribution in [-0.4, -0.2) is 32.9 Å². The molecule has 2 heterocycles. The topological polar surface area (TPSA) is 144 Å². The second kappa shape index (κ2) is 8.61. The van der Waals surface area contributed by atoms with Crippen molar-refractivity contribution in [3.8, 4) is 5.75 Å². The number of hydrazine groups is 1. The van der Waals surface area contributed by atoms with Crippen molar-refractivity contribution in [2.24, 2.45) is 0 Å². The maximum Gasteiger partial charge on any atom is 0.355 e. The Morgan fingerprint density at radius 3 is 2.62 bits per heavy atom. The van der Waals surface area contributed by atoms with Crippen molar-refractivity contribution < 1.29 is 14.5 Å². The Morgan fingerprint density at radius 1 is 1.14 bits per heavy atom. The van der Waals surface area contributed by atoms with Gasteiger partial charge in [-0.15, -0.1) is 0 Å². The number of aromatic nitrogens is 3. The van der Waals surface area contributed by atoms with E-state index in [-0.39, 0.29) is 17.3 Å². The SMILES string of the molecule is COc1ccc(C)cc1Nc1ncnc(NNC(=O)c2ccccn2)c1[N+](=O)[O-]. The summed E-state index contributed by atoms with van der Waals surface area (Å²) in [5.74, 6) is -0.346. The summed E-state index contributed by atoms with van der Waals surface area (Å²) in [5.41, 5.74) is 5.90. The summed E-state index contributed by atoms with van der Waals surface area (Å²) in [6.07, 6.45) is 2.59. The fourth-order valence-electron chi connectivity index (χ4n) is 2.46. The Kier molecular flexibility index (Phi) is 5.78. The zero-order valence-electron chi connectivity index (χ0n) is 15.5. The Balaban J connectivity index is 1.88. The number of nitrogens with zero attached hydrogens (tertiary/aromatic N) is 4. The average Bonchev–Trinajstić information content (AvgIpc) is 2.72. The molecule has 0 spiro atoms. The van der Waals surface area contributed by atoms with Gasteiger partial charge >= 0.3 is 5.69 Å². The first kappa shape index (κ1) is 19.5. The number of rotatable bonds is 7. The number of hydrogen-bond acceptors (Lipinski definition) is 9. The van der Waals surface area contributed by atoms with Crippen molar-refractivity contribution in [2.45, 2.75) is 6.92 Å². The quantitative estimate of drug-likeness (QED) is 0.406. The van der Waals surface area contributed by atoms with Crippen LogP contribution in [0.25, 0.3) is 0 Å². The molecule has 2 aromatic heterocycles. The van der Waals surface area contributed by atoms with Gasteiger partial charge < -0.3 is 10.1 Å². The molecule has 0 aliphatic rings. The van der Waals surface area contributed by atoms with Crippen LogP contribution in [0.3, 0.4) is 0 Å². The Labute approximate surface area is 165 Å². The molecule has 0 aliphatic carbocycles. The summed E-state index contributed by atoms with van der Waals surface area (Å²) >= 11 is 0. The zero-order chi connectivity index (χ0) is 20.8. The predicted molar refractivity (Wildman–Crippen MR) is 105 cm³/mol. The number of benzene rings is 1. The molecule has 0 unspecified atom stereocenters. The number of anilines is 3. The van der Waals surface area contributed by atoms with Gasteiger partial charge in [-0.2, -0.15) is 0 Å². The minimum atomic E-state index is -0.653. The van der Waals surface area contributed by atoms with Crippen molar-refractivity contribution >= 4 is 28.9 Å². The van der Waals surface area contributed by atoms with Gasteiger partial charge in [0.1, 0.15) is 17.8 Å². The summed E-state index contributed by atoms with van der Waals surface area (Å²) in [6.45, 7) is 1.87. The number of ether oxygens (including phenoxy) is 1. The van der Waals surface area contributed by atoms with Gasteiger partial charge in [0.2, 0.25) is 11.6 Å². The molecule has 0 aliphatic heterocycles. The maximum atomic E-state index is 12.1. The molecule has 0 atom stereocenters. The van der Waals surface area contributed by atoms with Crippen LogP contribution in [0.1, 0.15) is 16.1 Å². The van der Waals surface area contributed by atoms with E-state index in [1.165, 1.54) is 19.4 Å². The first-order chi connectivity index (χ1) is 14.0. The molecule has 0 fully saturated rings. The highest BCUT2D eigenvalue weighted by molar-refractivity contribution is 5.93. The van der Waals surface area contributed by atoms with E-state index >= 15 is 0 Å². The van der Waals surface area contributed by atoms with Crippen LogP contribution in [0.15, 0.2) is 48.9 Å². The molecule has 1 amide bonds. The van der Waals surface area contributed by atoms with Crippen LogP contribution in [0.2, 0.25) is 0 Å². The molecule has 11 heteroatoms. The Bertz CT molecular complexity index is 1040. The highest BCUT2D eigenvalue weighted by atomic mass is 16.6. The molecule has 3 aromatic rings. The minimum absolute atomic E-state index is 0.0662. The van der Waals surface area contributed by atoms with Crippen molar-refractivity contribution in [3.05, 3.63) is 70.3 Å². The second-order valence-corrected chi connectivity index (χ2v) is 5.80. The molecule has 0 bridgehead atoms. The number of pyridine rings is 1. The Hall–Kier alpha value is -4.28. The summed E-state index contributed by atoms with van der Waals surface area (Å²) in [4.78, 5) is 34.8. The van der Waals surface area contributed by atoms with Crippen LogP contribution >= 0.6 is 0 Å². The van der Waals surface area contributed by atoms with Gasteiger partial charge in [0.05, 0.1) is 17.7 Å². The molecular formula is C18H17N7O4. The normalized spacial score (nSPS) is 10.1. The number of amides is 1. The Morgan fingerprint density at radius 2 is 1.93 bits per heavy atom. The number of nitro groups is 1. The third-order valence-corrected chi connectivity index (χ3v) is 3.80. The third-order valence-electron chi connectivity index (χ3n) is 3.80.